The van der Waals surface area contributed by atoms with Crippen LogP contribution in [0.2, 0.25) is 0 Å². The lowest BCUT2D eigenvalue weighted by atomic mass is 9.98. The van der Waals surface area contributed by atoms with Crippen molar-refractivity contribution < 1.29 is 13.9 Å². The minimum Gasteiger partial charge on any atom is -0.484 e. The zero-order chi connectivity index (χ0) is 19.0. The molecule has 1 atom stereocenters. The molecule has 27 heavy (non-hydrogen) atoms. The van der Waals surface area contributed by atoms with Gasteiger partial charge in [0.2, 0.25) is 0 Å². The van der Waals surface area contributed by atoms with Gasteiger partial charge in [0.1, 0.15) is 11.3 Å². The lowest BCUT2D eigenvalue weighted by Crippen LogP contribution is -2.41. The molecule has 5 nitrogen and oxygen atoms in total. The van der Waals surface area contributed by atoms with Crippen LogP contribution in [-0.4, -0.2) is 24.0 Å². The molecule has 140 valence electrons. The lowest BCUT2D eigenvalue weighted by molar-refractivity contribution is -0.136. The van der Waals surface area contributed by atoms with Gasteiger partial charge in [0.25, 0.3) is 5.91 Å². The van der Waals surface area contributed by atoms with Crippen LogP contribution in [0.15, 0.2) is 44.9 Å². The monoisotopic (exact) mass is 383 g/mol. The highest BCUT2D eigenvalue weighted by atomic mass is 32.1. The number of hydrogen-bond donors (Lipinski definition) is 0. The quantitative estimate of drug-likeness (QED) is 0.637. The fraction of sp³-hybridized carbons (Fsp3) is 0.333. The van der Waals surface area contributed by atoms with E-state index in [2.05, 4.69) is 18.4 Å². The molecule has 0 unspecified atom stereocenters. The van der Waals surface area contributed by atoms with Gasteiger partial charge in [-0.15, -0.1) is 11.3 Å². The molecule has 4 rings (SSSR count). The molecule has 1 amide bonds. The van der Waals surface area contributed by atoms with Crippen molar-refractivity contribution in [3.8, 4) is 5.75 Å². The van der Waals surface area contributed by atoms with Crippen LogP contribution in [0.4, 0.5) is 0 Å². The third kappa shape index (κ3) is 3.37. The fourth-order valence-electron chi connectivity index (χ4n) is 3.76. The molecule has 0 saturated carbocycles. The molecule has 1 aromatic carbocycles. The predicted octanol–water partition coefficient (Wildman–Crippen LogP) is 4.08. The van der Waals surface area contributed by atoms with Crippen molar-refractivity contribution in [1.29, 1.82) is 0 Å². The number of ether oxygens (including phenoxy) is 1. The largest absolute Gasteiger partial charge is 0.484 e. The Kier molecular flexibility index (Phi) is 4.74. The molecule has 0 N–H and O–H groups in total. The first-order valence-corrected chi connectivity index (χ1v) is 9.98. The summed E-state index contributed by atoms with van der Waals surface area (Å²) in [5, 5.41) is 2.96. The summed E-state index contributed by atoms with van der Waals surface area (Å²) in [5.74, 6) is 0.496. The maximum atomic E-state index is 12.8. The zero-order valence-electron chi connectivity index (χ0n) is 15.4. The average Bonchev–Trinajstić information content (AvgIpc) is 3.13. The molecule has 0 fully saturated rings. The highest BCUT2D eigenvalue weighted by Gasteiger charge is 2.30. The van der Waals surface area contributed by atoms with Crippen molar-refractivity contribution >= 4 is 28.2 Å². The molecule has 2 aromatic heterocycles. The van der Waals surface area contributed by atoms with Crippen molar-refractivity contribution in [2.75, 3.05) is 13.2 Å². The third-order valence-electron chi connectivity index (χ3n) is 5.09. The van der Waals surface area contributed by atoms with Gasteiger partial charge in [0.05, 0.1) is 6.04 Å². The summed E-state index contributed by atoms with van der Waals surface area (Å²) in [6.07, 6.45) is 1.78. The first-order chi connectivity index (χ1) is 13.1. The second kappa shape index (κ2) is 7.19. The highest BCUT2D eigenvalue weighted by Crippen LogP contribution is 2.35. The first-order valence-electron chi connectivity index (χ1n) is 9.10. The normalized spacial score (nSPS) is 16.4. The van der Waals surface area contributed by atoms with E-state index < -0.39 is 0 Å². The molecule has 0 bridgehead atoms. The Morgan fingerprint density at radius 2 is 2.19 bits per heavy atom. The standard InChI is InChI=1S/C21H21NO4S/c1-3-17-16-7-9-27-19(16)6-8-22(17)20(23)12-25-14-4-5-15-13(2)10-21(24)26-18(15)11-14/h4-5,7,9-11,17H,3,6,8,12H2,1-2H3/t17-/m1/s1. The number of fused-ring (bicyclic) bond motifs is 2. The van der Waals surface area contributed by atoms with Gasteiger partial charge < -0.3 is 14.1 Å². The van der Waals surface area contributed by atoms with Gasteiger partial charge in [0, 0.05) is 28.9 Å². The molecule has 0 saturated heterocycles. The van der Waals surface area contributed by atoms with Gasteiger partial charge in [0.15, 0.2) is 6.61 Å². The molecule has 3 aromatic rings. The van der Waals surface area contributed by atoms with E-state index in [4.69, 9.17) is 9.15 Å². The molecule has 0 radical (unpaired) electrons. The van der Waals surface area contributed by atoms with Gasteiger partial charge >= 0.3 is 5.63 Å². The van der Waals surface area contributed by atoms with Crippen molar-refractivity contribution in [1.82, 2.24) is 4.90 Å². The topological polar surface area (TPSA) is 59.8 Å². The Hall–Kier alpha value is -2.60. The maximum absolute atomic E-state index is 12.8. The first kappa shape index (κ1) is 17.8. The van der Waals surface area contributed by atoms with E-state index in [-0.39, 0.29) is 24.2 Å². The predicted molar refractivity (Wildman–Crippen MR) is 105 cm³/mol. The number of carbonyl (C=O) groups excluding carboxylic acids is 1. The van der Waals surface area contributed by atoms with E-state index in [1.54, 1.807) is 23.5 Å². The van der Waals surface area contributed by atoms with E-state index in [0.29, 0.717) is 11.3 Å². The Bertz CT molecular complexity index is 1050. The molecule has 6 heteroatoms. The van der Waals surface area contributed by atoms with Crippen LogP contribution >= 0.6 is 11.3 Å². The van der Waals surface area contributed by atoms with Crippen LogP contribution in [0.1, 0.15) is 35.4 Å². The number of hydrogen-bond acceptors (Lipinski definition) is 5. The van der Waals surface area contributed by atoms with Crippen molar-refractivity contribution in [2.45, 2.75) is 32.7 Å². The van der Waals surface area contributed by atoms with Gasteiger partial charge in [-0.1, -0.05) is 6.92 Å². The third-order valence-corrected chi connectivity index (χ3v) is 6.08. The highest BCUT2D eigenvalue weighted by molar-refractivity contribution is 7.10. The molecular formula is C21H21NO4S. The van der Waals surface area contributed by atoms with E-state index in [1.165, 1.54) is 16.5 Å². The van der Waals surface area contributed by atoms with Crippen molar-refractivity contribution in [3.63, 3.8) is 0 Å². The van der Waals surface area contributed by atoms with Crippen molar-refractivity contribution in [3.05, 3.63) is 62.1 Å². The number of aryl methyl sites for hydroxylation is 1. The summed E-state index contributed by atoms with van der Waals surface area (Å²) in [6.45, 7) is 4.66. The van der Waals surface area contributed by atoms with Crippen LogP contribution in [0, 0.1) is 6.92 Å². The maximum Gasteiger partial charge on any atom is 0.336 e. The van der Waals surface area contributed by atoms with Gasteiger partial charge in [-0.25, -0.2) is 4.79 Å². The number of nitrogens with zero attached hydrogens (tertiary/aromatic N) is 1. The number of benzene rings is 1. The summed E-state index contributed by atoms with van der Waals surface area (Å²) in [7, 11) is 0. The Balaban J connectivity index is 1.49. The Morgan fingerprint density at radius 1 is 1.33 bits per heavy atom. The second-order valence-electron chi connectivity index (χ2n) is 6.76. The molecule has 0 aliphatic carbocycles. The van der Waals surface area contributed by atoms with Crippen LogP contribution in [0.3, 0.4) is 0 Å². The summed E-state index contributed by atoms with van der Waals surface area (Å²) in [4.78, 5) is 27.6. The zero-order valence-corrected chi connectivity index (χ0v) is 16.2. The van der Waals surface area contributed by atoms with E-state index in [0.717, 1.165) is 30.3 Å². The van der Waals surface area contributed by atoms with Crippen LogP contribution in [-0.2, 0) is 11.2 Å². The summed E-state index contributed by atoms with van der Waals surface area (Å²) in [6, 6.07) is 9.03. The summed E-state index contributed by atoms with van der Waals surface area (Å²) in [5.41, 5.74) is 2.20. The number of amides is 1. The van der Waals surface area contributed by atoms with E-state index in [9.17, 15) is 9.59 Å². The molecule has 0 spiro atoms. The van der Waals surface area contributed by atoms with Gasteiger partial charge in [-0.3, -0.25) is 4.79 Å². The molecule has 3 heterocycles. The second-order valence-corrected chi connectivity index (χ2v) is 7.76. The van der Waals surface area contributed by atoms with Crippen LogP contribution in [0.25, 0.3) is 11.0 Å². The Morgan fingerprint density at radius 3 is 3.00 bits per heavy atom. The minimum atomic E-state index is -0.390. The number of carbonyl (C=O) groups is 1. The lowest BCUT2D eigenvalue weighted by Gasteiger charge is -2.35. The van der Waals surface area contributed by atoms with Crippen LogP contribution in [0.5, 0.6) is 5.75 Å². The van der Waals surface area contributed by atoms with Crippen LogP contribution < -0.4 is 10.4 Å². The van der Waals surface area contributed by atoms with E-state index >= 15 is 0 Å². The van der Waals surface area contributed by atoms with Gasteiger partial charge in [-0.2, -0.15) is 0 Å². The molecule has 1 aliphatic rings. The minimum absolute atomic E-state index is 0.0236. The average molecular weight is 383 g/mol. The Labute approximate surface area is 161 Å². The van der Waals surface area contributed by atoms with Gasteiger partial charge in [-0.05, 0) is 54.5 Å². The molecule has 1 aliphatic heterocycles. The van der Waals surface area contributed by atoms with E-state index in [1.807, 2.05) is 17.9 Å². The number of rotatable bonds is 4. The number of thiophene rings is 1. The smallest absolute Gasteiger partial charge is 0.336 e. The van der Waals surface area contributed by atoms with Crippen molar-refractivity contribution in [2.24, 2.45) is 0 Å². The fourth-order valence-corrected chi connectivity index (χ4v) is 4.69. The molecular weight excluding hydrogens is 362 g/mol. The summed E-state index contributed by atoms with van der Waals surface area (Å²) >= 11 is 1.77. The summed E-state index contributed by atoms with van der Waals surface area (Å²) < 4.78 is 11.0. The SMILES string of the molecule is CC[C@@H]1c2ccsc2CCN1C(=O)COc1ccc2c(C)cc(=O)oc2c1.